The molecular weight excluding hydrogens is 257 g/mol. The number of aromatic nitrogens is 1. The van der Waals surface area contributed by atoms with Crippen LogP contribution in [-0.4, -0.2) is 36.3 Å². The molecule has 1 aliphatic rings. The number of nitrogens with zero attached hydrogens (tertiary/aromatic N) is 2. The number of halogens is 1. The van der Waals surface area contributed by atoms with E-state index in [1.807, 2.05) is 32.6 Å². The molecule has 0 aromatic carbocycles. The fourth-order valence-corrected chi connectivity index (χ4v) is 2.96. The first-order valence-electron chi connectivity index (χ1n) is 6.97. The van der Waals surface area contributed by atoms with Gasteiger partial charge in [-0.2, -0.15) is 0 Å². The summed E-state index contributed by atoms with van der Waals surface area (Å²) in [6.07, 6.45) is 1.67. The van der Waals surface area contributed by atoms with Crippen molar-refractivity contribution in [2.24, 2.45) is 0 Å². The highest BCUT2D eigenvalue weighted by Gasteiger charge is 2.39. The van der Waals surface area contributed by atoms with Crippen molar-refractivity contribution < 1.29 is 9.13 Å². The molecule has 1 N–H and O–H groups in total. The number of hydrogen-bond acceptors (Lipinski definition) is 4. The first kappa shape index (κ1) is 15.2. The van der Waals surface area contributed by atoms with E-state index < -0.39 is 0 Å². The molecular formula is C15H24FN3O. The van der Waals surface area contributed by atoms with Crippen molar-refractivity contribution in [3.05, 3.63) is 23.6 Å². The van der Waals surface area contributed by atoms with Gasteiger partial charge in [0.1, 0.15) is 0 Å². The Hall–Kier alpha value is -1.20. The monoisotopic (exact) mass is 281 g/mol. The molecule has 1 aromatic rings. The minimum Gasteiger partial charge on any atom is -0.366 e. The molecule has 0 atom stereocenters. The first-order chi connectivity index (χ1) is 9.24. The molecule has 2 rings (SSSR count). The van der Waals surface area contributed by atoms with Crippen LogP contribution in [0.5, 0.6) is 0 Å². The number of rotatable bonds is 3. The summed E-state index contributed by atoms with van der Waals surface area (Å²) in [4.78, 5) is 6.23. The molecule has 2 heterocycles. The van der Waals surface area contributed by atoms with Gasteiger partial charge in [0.05, 0.1) is 11.2 Å². The summed E-state index contributed by atoms with van der Waals surface area (Å²) in [6, 6.07) is 1.71. The highest BCUT2D eigenvalue weighted by molar-refractivity contribution is 5.44. The summed E-state index contributed by atoms with van der Waals surface area (Å²) >= 11 is 0. The van der Waals surface area contributed by atoms with Gasteiger partial charge in [0.15, 0.2) is 11.6 Å². The van der Waals surface area contributed by atoms with E-state index in [1.165, 1.54) is 0 Å². The lowest BCUT2D eigenvalue weighted by atomic mass is 9.99. The third kappa shape index (κ3) is 3.27. The summed E-state index contributed by atoms with van der Waals surface area (Å²) in [5.41, 5.74) is -0.0105. The lowest BCUT2D eigenvalue weighted by Crippen LogP contribution is -2.57. The van der Waals surface area contributed by atoms with Crippen molar-refractivity contribution in [1.82, 2.24) is 10.3 Å². The third-order valence-electron chi connectivity index (χ3n) is 3.31. The molecule has 0 unspecified atom stereocenters. The number of morpholine rings is 1. The van der Waals surface area contributed by atoms with Crippen molar-refractivity contribution >= 4 is 5.82 Å². The van der Waals surface area contributed by atoms with E-state index in [-0.39, 0.29) is 17.0 Å². The van der Waals surface area contributed by atoms with Crippen LogP contribution >= 0.6 is 0 Å². The third-order valence-corrected chi connectivity index (χ3v) is 3.31. The van der Waals surface area contributed by atoms with E-state index in [9.17, 15) is 4.39 Å². The van der Waals surface area contributed by atoms with Crippen molar-refractivity contribution in [2.45, 2.75) is 45.4 Å². The van der Waals surface area contributed by atoms with Crippen LogP contribution in [0, 0.1) is 5.82 Å². The van der Waals surface area contributed by atoms with Crippen LogP contribution in [-0.2, 0) is 11.3 Å². The van der Waals surface area contributed by atoms with Crippen LogP contribution in [0.4, 0.5) is 10.2 Å². The average molecular weight is 281 g/mol. The Labute approximate surface area is 120 Å². The van der Waals surface area contributed by atoms with Gasteiger partial charge in [0.2, 0.25) is 0 Å². The molecule has 112 valence electrons. The van der Waals surface area contributed by atoms with E-state index >= 15 is 0 Å². The fraction of sp³-hybridized carbons (Fsp3) is 0.667. The zero-order valence-corrected chi connectivity index (χ0v) is 13.0. The summed E-state index contributed by atoms with van der Waals surface area (Å²) in [5, 5.41) is 2.98. The standard InChI is InChI=1S/C15H24FN3O/c1-14(2)9-19(10-15(3,4)20-14)13-12(16)11(8-17-5)6-7-18-13/h6-7,17H,8-10H2,1-5H3. The van der Waals surface area contributed by atoms with Gasteiger partial charge in [0.25, 0.3) is 0 Å². The Bertz CT molecular complexity index is 472. The van der Waals surface area contributed by atoms with Crippen molar-refractivity contribution in [1.29, 1.82) is 0 Å². The lowest BCUT2D eigenvalue weighted by molar-refractivity contribution is -0.133. The molecule has 1 aliphatic heterocycles. The van der Waals surface area contributed by atoms with Crippen LogP contribution in [0.3, 0.4) is 0 Å². The van der Waals surface area contributed by atoms with E-state index in [0.717, 1.165) is 0 Å². The Kier molecular flexibility index (Phi) is 4.02. The molecule has 0 radical (unpaired) electrons. The zero-order valence-electron chi connectivity index (χ0n) is 13.0. The van der Waals surface area contributed by atoms with Crippen LogP contribution in [0.2, 0.25) is 0 Å². The second-order valence-corrected chi connectivity index (χ2v) is 6.62. The molecule has 0 aliphatic carbocycles. The molecule has 0 bridgehead atoms. The van der Waals surface area contributed by atoms with Crippen molar-refractivity contribution in [3.63, 3.8) is 0 Å². The van der Waals surface area contributed by atoms with Crippen LogP contribution in [0.1, 0.15) is 33.3 Å². The highest BCUT2D eigenvalue weighted by atomic mass is 19.1. The fourth-order valence-electron chi connectivity index (χ4n) is 2.96. The van der Waals surface area contributed by atoms with E-state index in [1.54, 1.807) is 19.3 Å². The second kappa shape index (κ2) is 5.30. The summed E-state index contributed by atoms with van der Waals surface area (Å²) < 4.78 is 20.6. The molecule has 0 amide bonds. The first-order valence-corrected chi connectivity index (χ1v) is 6.97. The predicted octanol–water partition coefficient (Wildman–Crippen LogP) is 2.33. The van der Waals surface area contributed by atoms with Gasteiger partial charge in [-0.1, -0.05) is 0 Å². The van der Waals surface area contributed by atoms with Crippen LogP contribution in [0.15, 0.2) is 12.3 Å². The minimum absolute atomic E-state index is 0.240. The molecule has 0 spiro atoms. The SMILES string of the molecule is CNCc1ccnc(N2CC(C)(C)OC(C)(C)C2)c1F. The van der Waals surface area contributed by atoms with Gasteiger partial charge in [-0.15, -0.1) is 0 Å². The molecule has 1 fully saturated rings. The smallest absolute Gasteiger partial charge is 0.170 e. The van der Waals surface area contributed by atoms with E-state index in [4.69, 9.17) is 4.74 Å². The molecule has 20 heavy (non-hydrogen) atoms. The Morgan fingerprint density at radius 3 is 2.45 bits per heavy atom. The van der Waals surface area contributed by atoms with Crippen molar-refractivity contribution in [2.75, 3.05) is 25.0 Å². The molecule has 4 nitrogen and oxygen atoms in total. The molecule has 1 saturated heterocycles. The molecule has 5 heteroatoms. The Morgan fingerprint density at radius 1 is 1.30 bits per heavy atom. The van der Waals surface area contributed by atoms with Gasteiger partial charge in [-0.25, -0.2) is 9.37 Å². The molecule has 0 saturated carbocycles. The maximum atomic E-state index is 14.6. The largest absolute Gasteiger partial charge is 0.366 e. The van der Waals surface area contributed by atoms with Gasteiger partial charge in [-0.05, 0) is 40.8 Å². The zero-order chi connectivity index (χ0) is 15.0. The summed E-state index contributed by atoms with van der Waals surface area (Å²) in [6.45, 7) is 9.85. The normalized spacial score (nSPS) is 21.0. The van der Waals surface area contributed by atoms with Crippen LogP contribution < -0.4 is 10.2 Å². The topological polar surface area (TPSA) is 37.4 Å². The Balaban J connectivity index is 2.33. The number of pyridine rings is 1. The Morgan fingerprint density at radius 2 is 1.90 bits per heavy atom. The van der Waals surface area contributed by atoms with E-state index in [2.05, 4.69) is 10.3 Å². The van der Waals surface area contributed by atoms with E-state index in [0.29, 0.717) is 31.0 Å². The highest BCUT2D eigenvalue weighted by Crippen LogP contribution is 2.32. The number of ether oxygens (including phenoxy) is 1. The summed E-state index contributed by atoms with van der Waals surface area (Å²) in [5.74, 6) is 0.178. The second-order valence-electron chi connectivity index (χ2n) is 6.62. The average Bonchev–Trinajstić information content (AvgIpc) is 2.28. The molecule has 1 aromatic heterocycles. The van der Waals surface area contributed by atoms with Gasteiger partial charge in [0, 0.05) is 31.4 Å². The van der Waals surface area contributed by atoms with Gasteiger partial charge >= 0.3 is 0 Å². The lowest BCUT2D eigenvalue weighted by Gasteiger charge is -2.47. The van der Waals surface area contributed by atoms with Crippen LogP contribution in [0.25, 0.3) is 0 Å². The predicted molar refractivity (Wildman–Crippen MR) is 78.4 cm³/mol. The van der Waals surface area contributed by atoms with Gasteiger partial charge in [-0.3, -0.25) is 0 Å². The summed E-state index contributed by atoms with van der Waals surface area (Å²) in [7, 11) is 1.81. The quantitative estimate of drug-likeness (QED) is 0.923. The maximum absolute atomic E-state index is 14.6. The number of anilines is 1. The van der Waals surface area contributed by atoms with Gasteiger partial charge < -0.3 is 15.0 Å². The maximum Gasteiger partial charge on any atom is 0.170 e. The number of nitrogens with one attached hydrogen (secondary N) is 1. The van der Waals surface area contributed by atoms with Crippen molar-refractivity contribution in [3.8, 4) is 0 Å². The minimum atomic E-state index is -0.325. The number of hydrogen-bond donors (Lipinski definition) is 1.